The standard InChI is InChI=1S/C131H85N4O4.3W/c1-7-21-107-73-109(57-46-100-43-41-98(42-44-100)38-35-95-25-14-10-15-26-95)75-110(74-107)63-64-117-88-130(138-5)127(131(89-117)139-6)68-66-125-122(92-134)84-116(85-123(125)93-135)62-55-104-34-20-32-102(70-104)53-60-114-77-113(59-52-101-31-19-33-103(69-101)54-61-115-82-120(90-132)124(121(83-115)91-133)65-67-126-128(136-3)86-108(22-8-2)87-129(126)137-4)80-119(81-114)72-106-50-48-105(49-51-106)71-118-78-111(56-45-96-27-16-11-17-28-96)76-112(79-118)58-47-99-39-36-97(37-40-99)30-18-29-94-23-12-9-13-24-94;;;/h9,12,14-17,19-20,23-28,31-34,36-37,39-44,48-51,69-70,73-89H,18,29-30,65-68,71-72H2,1-6H3;;;/q-3;;;. The van der Waals surface area contributed by atoms with E-state index in [2.05, 4.69) is 264 Å². The molecule has 0 aliphatic rings. The Labute approximate surface area is 877 Å². The zero-order chi connectivity index (χ0) is 96.3. The second kappa shape index (κ2) is 52.8. The van der Waals surface area contributed by atoms with Gasteiger partial charge in [-0.3, -0.25) is 0 Å². The quantitative estimate of drug-likeness (QED) is 0.0613. The Balaban J connectivity index is 0.00000600. The summed E-state index contributed by atoms with van der Waals surface area (Å²) in [4.78, 5) is 0. The van der Waals surface area contributed by atoms with Crippen LogP contribution in [-0.4, -0.2) is 28.4 Å². The van der Waals surface area contributed by atoms with Gasteiger partial charge in [-0.05, 0) is 274 Å². The molecule has 0 amide bonds. The average molecular weight is 2330 g/mol. The average Bonchev–Trinajstić information content (AvgIpc) is 0.805. The molecule has 15 rings (SSSR count). The van der Waals surface area contributed by atoms with Crippen molar-refractivity contribution in [1.29, 1.82) is 21.0 Å². The third-order valence-corrected chi connectivity index (χ3v) is 22.6. The van der Waals surface area contributed by atoms with Crippen LogP contribution in [0.3, 0.4) is 0 Å². The molecular weight excluding hydrogens is 2240 g/mol. The fourth-order valence-corrected chi connectivity index (χ4v) is 15.9. The first kappa shape index (κ1) is 104. The number of benzene rings is 15. The van der Waals surface area contributed by atoms with Gasteiger partial charge in [0.2, 0.25) is 0 Å². The number of hydrogen-bond donors (Lipinski definition) is 0. The van der Waals surface area contributed by atoms with Gasteiger partial charge in [0.25, 0.3) is 0 Å². The van der Waals surface area contributed by atoms with Crippen LogP contribution in [0.15, 0.2) is 297 Å². The van der Waals surface area contributed by atoms with Gasteiger partial charge in [0, 0.05) is 174 Å². The van der Waals surface area contributed by atoms with Crippen LogP contribution in [0.25, 0.3) is 0 Å². The molecule has 0 fully saturated rings. The fraction of sp³-hybridized carbons (Fsp3) is 0.115. The summed E-state index contributed by atoms with van der Waals surface area (Å²) in [5, 5.41) is 42.4. The summed E-state index contributed by atoms with van der Waals surface area (Å²) in [7, 11) is 6.37. The van der Waals surface area contributed by atoms with Gasteiger partial charge in [-0.2, -0.15) is 118 Å². The van der Waals surface area contributed by atoms with E-state index < -0.39 is 0 Å². The predicted molar refractivity (Wildman–Crippen MR) is 550 cm³/mol. The maximum absolute atomic E-state index is 10.7. The van der Waals surface area contributed by atoms with Gasteiger partial charge in [0.1, 0.15) is 23.0 Å². The van der Waals surface area contributed by atoms with Crippen LogP contribution in [-0.2, 0) is 115 Å². The molecular formula is C131H85N4O4W3-3. The van der Waals surface area contributed by atoms with Gasteiger partial charge in [0.05, 0.1) is 75.0 Å². The van der Waals surface area contributed by atoms with Crippen LogP contribution < -0.4 is 18.9 Å². The number of aryl methyl sites for hydroxylation is 2. The molecule has 0 saturated heterocycles. The summed E-state index contributed by atoms with van der Waals surface area (Å²) in [6.45, 7) is 3.56. The van der Waals surface area contributed by atoms with Gasteiger partial charge in [0.15, 0.2) is 0 Å². The minimum absolute atomic E-state index is 0. The zero-order valence-electron chi connectivity index (χ0n) is 78.8. The van der Waals surface area contributed by atoms with Crippen LogP contribution in [0.4, 0.5) is 0 Å². The molecule has 11 heteroatoms. The molecule has 0 N–H and O–H groups in total. The van der Waals surface area contributed by atoms with Crippen molar-refractivity contribution in [3.8, 4) is 178 Å². The molecule has 15 aromatic rings. The Hall–Kier alpha value is -17.3. The first-order chi connectivity index (χ1) is 68.2. The van der Waals surface area contributed by atoms with E-state index in [-0.39, 0.29) is 63.2 Å². The maximum Gasteiger partial charge on any atom is 0.127 e. The van der Waals surface area contributed by atoms with Crippen molar-refractivity contribution >= 4 is 0 Å². The van der Waals surface area contributed by atoms with Crippen LogP contribution in [0.1, 0.15) is 209 Å². The summed E-state index contributed by atoms with van der Waals surface area (Å²) in [5.74, 6) is 74.4. The van der Waals surface area contributed by atoms with Crippen molar-refractivity contribution in [3.05, 3.63) is 505 Å². The number of hydrogen-bond acceptors (Lipinski definition) is 8. The predicted octanol–water partition coefficient (Wildman–Crippen LogP) is 22.9. The Kier molecular flexibility index (Phi) is 38.6. The number of nitrogens with zero attached hydrogens (tertiary/aromatic N) is 4. The first-order valence-electron chi connectivity index (χ1n) is 45.0. The molecule has 0 bridgehead atoms. The van der Waals surface area contributed by atoms with E-state index in [0.717, 1.165) is 136 Å². The second-order valence-corrected chi connectivity index (χ2v) is 32.4. The SMILES string of the molecule is CC#Cc1cc(C#Cc2ccc(C#Cc3cc[c-]cc3)cc2)cc(C#Cc2cc(OC)c(CCc3c(C#N)cc(C#Cc4cccc(C#Cc5cc(C#Cc6cccc(C#Cc7cc(C#N)c(CCc8c(OC)cc(C#CC)cc8OC)c(C#N)c7)c6)cc(Cc6ccc(Cc7cc(C#Cc8cc[c-]cc8)cc(C#Cc8ccc(CCCc9c[c-]ccc9)cc8)c7)cc6)c5)c4)cc3C#N)c(OC)c2)c1.[W].[W].[W]. The number of rotatable bonds is 18. The van der Waals surface area contributed by atoms with Crippen LogP contribution in [0, 0.1) is 194 Å². The fourth-order valence-electron chi connectivity index (χ4n) is 15.9. The van der Waals surface area contributed by atoms with Gasteiger partial charge in [-0.25, -0.2) is 0 Å². The van der Waals surface area contributed by atoms with E-state index >= 15 is 0 Å². The van der Waals surface area contributed by atoms with Crippen LogP contribution in [0.2, 0.25) is 0 Å². The van der Waals surface area contributed by atoms with E-state index in [1.54, 1.807) is 66.6 Å². The van der Waals surface area contributed by atoms with Crippen molar-refractivity contribution in [1.82, 2.24) is 0 Å². The van der Waals surface area contributed by atoms with Gasteiger partial charge in [-0.1, -0.05) is 191 Å². The van der Waals surface area contributed by atoms with E-state index in [9.17, 15) is 21.0 Å². The Morgan fingerprint density at radius 3 is 0.775 bits per heavy atom. The van der Waals surface area contributed by atoms with E-state index in [0.29, 0.717) is 123 Å². The van der Waals surface area contributed by atoms with Crippen molar-refractivity contribution in [3.63, 3.8) is 0 Å². The van der Waals surface area contributed by atoms with Crippen LogP contribution in [0.5, 0.6) is 23.0 Å². The largest absolute Gasteiger partial charge is 0.496 e. The monoisotopic (exact) mass is 2330 g/mol. The Morgan fingerprint density at radius 1 is 0.211 bits per heavy atom. The third-order valence-electron chi connectivity index (χ3n) is 22.6. The molecule has 0 atom stereocenters. The summed E-state index contributed by atoms with van der Waals surface area (Å²) < 4.78 is 23.5. The number of methoxy groups -OCH3 is 4. The molecule has 674 valence electrons. The van der Waals surface area contributed by atoms with Crippen molar-refractivity contribution in [2.75, 3.05) is 28.4 Å². The zero-order valence-corrected chi connectivity index (χ0v) is 87.6. The molecule has 0 saturated carbocycles. The number of nitriles is 4. The second-order valence-electron chi connectivity index (χ2n) is 32.4. The van der Waals surface area contributed by atoms with Gasteiger partial charge >= 0.3 is 0 Å². The third kappa shape index (κ3) is 29.6. The Bertz CT molecular complexity index is 8070. The molecule has 0 unspecified atom stereocenters. The minimum Gasteiger partial charge on any atom is -0.496 e. The normalized spacial score (nSPS) is 9.62. The molecule has 0 aliphatic heterocycles. The van der Waals surface area contributed by atoms with Crippen molar-refractivity contribution < 1.29 is 82.1 Å². The van der Waals surface area contributed by atoms with Crippen molar-refractivity contribution in [2.24, 2.45) is 0 Å². The summed E-state index contributed by atoms with van der Waals surface area (Å²) >= 11 is 0. The van der Waals surface area contributed by atoms with Gasteiger partial charge in [-0.15, -0.1) is 11.8 Å². The smallest absolute Gasteiger partial charge is 0.127 e. The van der Waals surface area contributed by atoms with E-state index in [1.165, 1.54) is 11.1 Å². The molecule has 0 spiro atoms. The number of ether oxygens (including phenoxy) is 4. The van der Waals surface area contributed by atoms with E-state index in [4.69, 9.17) is 18.9 Å². The minimum atomic E-state index is 0. The summed E-state index contributed by atoms with van der Waals surface area (Å²) in [5.41, 5.74) is 26.3. The molecule has 0 aliphatic carbocycles. The molecule has 15 aromatic carbocycles. The van der Waals surface area contributed by atoms with Crippen LogP contribution >= 0.6 is 0 Å². The molecule has 0 aromatic heterocycles. The maximum atomic E-state index is 10.7. The molecule has 142 heavy (non-hydrogen) atoms. The summed E-state index contributed by atoms with van der Waals surface area (Å²) in [6, 6.07) is 115. The topological polar surface area (TPSA) is 132 Å². The molecule has 0 heterocycles. The molecule has 0 radical (unpaired) electrons. The van der Waals surface area contributed by atoms with Crippen molar-refractivity contribution in [2.45, 2.75) is 71.6 Å². The van der Waals surface area contributed by atoms with Gasteiger partial charge < -0.3 is 18.9 Å². The Morgan fingerprint density at radius 2 is 0.465 bits per heavy atom. The molecule has 8 nitrogen and oxygen atoms in total. The summed E-state index contributed by atoms with van der Waals surface area (Å²) in [6.07, 6.45) is 5.80. The van der Waals surface area contributed by atoms with E-state index in [1.807, 2.05) is 182 Å². The first-order valence-corrected chi connectivity index (χ1v) is 45.0.